The highest BCUT2D eigenvalue weighted by Gasteiger charge is 2.16. The quantitative estimate of drug-likeness (QED) is 0.800. The average Bonchev–Trinajstić information content (AvgIpc) is 2.98. The molecule has 0 fully saturated rings. The molecule has 0 aliphatic heterocycles. The molecule has 0 saturated carbocycles. The molecule has 0 bridgehead atoms. The number of imidazole rings is 1. The minimum Gasteiger partial charge on any atom is -0.478 e. The van der Waals surface area contributed by atoms with Crippen LogP contribution in [0.2, 0.25) is 0 Å². The number of hydrogen-bond donors (Lipinski definition) is 1. The molecule has 0 radical (unpaired) electrons. The molecule has 2 heterocycles. The van der Waals surface area contributed by atoms with E-state index in [0.717, 1.165) is 29.0 Å². The van der Waals surface area contributed by atoms with Gasteiger partial charge in [0.25, 0.3) is 0 Å². The van der Waals surface area contributed by atoms with Crippen LogP contribution < -0.4 is 0 Å². The Morgan fingerprint density at radius 3 is 2.76 bits per heavy atom. The molecule has 0 atom stereocenters. The van der Waals surface area contributed by atoms with Crippen molar-refractivity contribution in [2.45, 2.75) is 13.3 Å². The van der Waals surface area contributed by atoms with Crippen LogP contribution in [0.15, 0.2) is 24.4 Å². The standard InChI is InChI=1S/C15H16N4O2/c1-4-11-10(8-18(2)17-11)14-16-12-7-9(15(20)21)5-6-13(12)19(14)3/h5-8H,4H2,1-3H3,(H,20,21). The van der Waals surface area contributed by atoms with Crippen molar-refractivity contribution in [2.24, 2.45) is 14.1 Å². The molecule has 0 aliphatic carbocycles. The van der Waals surface area contributed by atoms with Crippen LogP contribution in [0, 0.1) is 0 Å². The summed E-state index contributed by atoms with van der Waals surface area (Å²) in [5.41, 5.74) is 3.79. The maximum absolute atomic E-state index is 11.1. The van der Waals surface area contributed by atoms with Gasteiger partial charge in [0, 0.05) is 20.3 Å². The van der Waals surface area contributed by atoms with E-state index < -0.39 is 5.97 Å². The van der Waals surface area contributed by atoms with Gasteiger partial charge in [0.15, 0.2) is 0 Å². The summed E-state index contributed by atoms with van der Waals surface area (Å²) >= 11 is 0. The van der Waals surface area contributed by atoms with E-state index >= 15 is 0 Å². The lowest BCUT2D eigenvalue weighted by Gasteiger charge is -2.01. The van der Waals surface area contributed by atoms with Gasteiger partial charge in [-0.1, -0.05) is 6.92 Å². The summed E-state index contributed by atoms with van der Waals surface area (Å²) in [4.78, 5) is 15.7. The first-order valence-corrected chi connectivity index (χ1v) is 6.74. The van der Waals surface area contributed by atoms with E-state index in [1.165, 1.54) is 0 Å². The number of aryl methyl sites for hydroxylation is 3. The highest BCUT2D eigenvalue weighted by atomic mass is 16.4. The van der Waals surface area contributed by atoms with Crippen molar-refractivity contribution in [1.82, 2.24) is 19.3 Å². The molecular formula is C15H16N4O2. The topological polar surface area (TPSA) is 72.9 Å². The van der Waals surface area contributed by atoms with Gasteiger partial charge in [0.2, 0.25) is 0 Å². The largest absolute Gasteiger partial charge is 0.478 e. The Morgan fingerprint density at radius 1 is 1.33 bits per heavy atom. The third kappa shape index (κ3) is 2.08. The second-order valence-corrected chi connectivity index (χ2v) is 5.02. The number of aromatic carboxylic acids is 1. The summed E-state index contributed by atoms with van der Waals surface area (Å²) in [6.45, 7) is 2.05. The van der Waals surface area contributed by atoms with E-state index in [1.807, 2.05) is 24.9 Å². The number of carboxylic acids is 1. The Balaban J connectivity index is 2.23. The summed E-state index contributed by atoms with van der Waals surface area (Å²) in [5, 5.41) is 13.5. The molecule has 0 aliphatic rings. The van der Waals surface area contributed by atoms with Gasteiger partial charge in [-0.15, -0.1) is 0 Å². The molecule has 3 rings (SSSR count). The van der Waals surface area contributed by atoms with Gasteiger partial charge < -0.3 is 9.67 Å². The Kier molecular flexibility index (Phi) is 3.01. The van der Waals surface area contributed by atoms with Crippen LogP contribution in [0.1, 0.15) is 23.0 Å². The number of carboxylic acid groups (broad SMARTS) is 1. The second-order valence-electron chi connectivity index (χ2n) is 5.02. The van der Waals surface area contributed by atoms with Crippen molar-refractivity contribution < 1.29 is 9.90 Å². The van der Waals surface area contributed by atoms with Gasteiger partial charge in [0.1, 0.15) is 5.82 Å². The Labute approximate surface area is 121 Å². The van der Waals surface area contributed by atoms with Crippen LogP contribution in [-0.4, -0.2) is 30.4 Å². The lowest BCUT2D eigenvalue weighted by Crippen LogP contribution is -1.96. The maximum atomic E-state index is 11.1. The summed E-state index contributed by atoms with van der Waals surface area (Å²) in [6, 6.07) is 4.99. The molecule has 0 amide bonds. The van der Waals surface area contributed by atoms with Crippen molar-refractivity contribution in [3.05, 3.63) is 35.7 Å². The first kappa shape index (κ1) is 13.4. The predicted molar refractivity (Wildman–Crippen MR) is 79.3 cm³/mol. The normalized spacial score (nSPS) is 11.2. The number of aromatic nitrogens is 4. The summed E-state index contributed by atoms with van der Waals surface area (Å²) in [7, 11) is 3.81. The van der Waals surface area contributed by atoms with Crippen LogP contribution in [0.3, 0.4) is 0 Å². The van der Waals surface area contributed by atoms with E-state index in [-0.39, 0.29) is 5.56 Å². The molecule has 6 nitrogen and oxygen atoms in total. The molecule has 21 heavy (non-hydrogen) atoms. The first-order chi connectivity index (χ1) is 10.0. The van der Waals surface area contributed by atoms with Gasteiger partial charge in [-0.3, -0.25) is 4.68 Å². The molecule has 0 saturated heterocycles. The summed E-state index contributed by atoms with van der Waals surface area (Å²) < 4.78 is 3.74. The highest BCUT2D eigenvalue weighted by molar-refractivity contribution is 5.93. The third-order valence-corrected chi connectivity index (χ3v) is 3.61. The summed E-state index contributed by atoms with van der Waals surface area (Å²) in [5.74, 6) is -0.141. The molecule has 2 aromatic heterocycles. The van der Waals surface area contributed by atoms with Gasteiger partial charge in [-0.05, 0) is 24.6 Å². The van der Waals surface area contributed by atoms with Crippen LogP contribution >= 0.6 is 0 Å². The van der Waals surface area contributed by atoms with Gasteiger partial charge >= 0.3 is 5.97 Å². The monoisotopic (exact) mass is 284 g/mol. The number of fused-ring (bicyclic) bond motifs is 1. The van der Waals surface area contributed by atoms with Gasteiger partial charge in [0.05, 0.1) is 27.9 Å². The zero-order chi connectivity index (χ0) is 15.1. The SMILES string of the molecule is CCc1nn(C)cc1-c1nc2cc(C(=O)O)ccc2n1C. The molecule has 108 valence electrons. The first-order valence-electron chi connectivity index (χ1n) is 6.74. The number of hydrogen-bond acceptors (Lipinski definition) is 3. The highest BCUT2D eigenvalue weighted by Crippen LogP contribution is 2.26. The van der Waals surface area contributed by atoms with Crippen LogP contribution in [0.5, 0.6) is 0 Å². The van der Waals surface area contributed by atoms with Crippen molar-refractivity contribution in [1.29, 1.82) is 0 Å². The number of carbonyl (C=O) groups is 1. The van der Waals surface area contributed by atoms with Crippen molar-refractivity contribution in [3.8, 4) is 11.4 Å². The minimum absolute atomic E-state index is 0.244. The van der Waals surface area contributed by atoms with Crippen molar-refractivity contribution >= 4 is 17.0 Å². The molecule has 0 spiro atoms. The van der Waals surface area contributed by atoms with Crippen LogP contribution in [0.4, 0.5) is 0 Å². The van der Waals surface area contributed by atoms with Gasteiger partial charge in [-0.25, -0.2) is 9.78 Å². The molecule has 6 heteroatoms. The Hall–Kier alpha value is -2.63. The number of rotatable bonds is 3. The van der Waals surface area contributed by atoms with Crippen LogP contribution in [-0.2, 0) is 20.5 Å². The fraction of sp³-hybridized carbons (Fsp3) is 0.267. The zero-order valence-corrected chi connectivity index (χ0v) is 12.2. The molecule has 1 aromatic carbocycles. The Bertz CT molecular complexity index is 845. The lowest BCUT2D eigenvalue weighted by atomic mass is 10.2. The zero-order valence-electron chi connectivity index (χ0n) is 12.2. The van der Waals surface area contributed by atoms with Crippen LogP contribution in [0.25, 0.3) is 22.4 Å². The predicted octanol–water partition coefficient (Wildman–Crippen LogP) is 2.23. The second kappa shape index (κ2) is 4.73. The van der Waals surface area contributed by atoms with Crippen molar-refractivity contribution in [2.75, 3.05) is 0 Å². The molecule has 1 N–H and O–H groups in total. The van der Waals surface area contributed by atoms with E-state index in [9.17, 15) is 4.79 Å². The third-order valence-electron chi connectivity index (χ3n) is 3.61. The van der Waals surface area contributed by atoms with Gasteiger partial charge in [-0.2, -0.15) is 5.10 Å². The average molecular weight is 284 g/mol. The van der Waals surface area contributed by atoms with E-state index in [4.69, 9.17) is 5.11 Å². The fourth-order valence-corrected chi connectivity index (χ4v) is 2.56. The summed E-state index contributed by atoms with van der Waals surface area (Å²) in [6.07, 6.45) is 2.76. The van der Waals surface area contributed by atoms with E-state index in [0.29, 0.717) is 5.52 Å². The Morgan fingerprint density at radius 2 is 2.10 bits per heavy atom. The van der Waals surface area contributed by atoms with E-state index in [1.54, 1.807) is 22.9 Å². The minimum atomic E-state index is -0.945. The maximum Gasteiger partial charge on any atom is 0.335 e. The fourth-order valence-electron chi connectivity index (χ4n) is 2.56. The lowest BCUT2D eigenvalue weighted by molar-refractivity contribution is 0.0697. The number of nitrogens with zero attached hydrogens (tertiary/aromatic N) is 4. The number of benzene rings is 1. The van der Waals surface area contributed by atoms with E-state index in [2.05, 4.69) is 17.0 Å². The molecule has 3 aromatic rings. The molecular weight excluding hydrogens is 268 g/mol. The molecule has 0 unspecified atom stereocenters. The van der Waals surface area contributed by atoms with Crippen molar-refractivity contribution in [3.63, 3.8) is 0 Å². The smallest absolute Gasteiger partial charge is 0.335 e.